The number of aliphatic hydroxyl groups excluding tert-OH is 1. The molecule has 0 radical (unpaired) electrons. The molecular weight excluding hydrogens is 238 g/mol. The number of piperazine rings is 1. The van der Waals surface area contributed by atoms with Crippen molar-refractivity contribution in [2.24, 2.45) is 0 Å². The Balaban J connectivity index is 2.33. The van der Waals surface area contributed by atoms with E-state index in [2.05, 4.69) is 0 Å². The molecule has 7 heteroatoms. The van der Waals surface area contributed by atoms with E-state index in [1.807, 2.05) is 4.90 Å². The summed E-state index contributed by atoms with van der Waals surface area (Å²) in [5.74, 6) is -0.838. The molecule has 1 heterocycles. The second-order valence-corrected chi connectivity index (χ2v) is 4.44. The third-order valence-electron chi connectivity index (χ3n) is 2.98. The number of aliphatic hydroxyl groups is 1. The Morgan fingerprint density at radius 3 is 2.33 bits per heavy atom. The van der Waals surface area contributed by atoms with Crippen LogP contribution in [0.3, 0.4) is 0 Å². The van der Waals surface area contributed by atoms with Crippen molar-refractivity contribution in [3.63, 3.8) is 0 Å². The van der Waals surface area contributed by atoms with Gasteiger partial charge in [0.25, 0.3) is 0 Å². The molecule has 1 saturated heterocycles. The lowest BCUT2D eigenvalue weighted by Crippen LogP contribution is -2.53. The van der Waals surface area contributed by atoms with Gasteiger partial charge in [0.2, 0.25) is 0 Å². The summed E-state index contributed by atoms with van der Waals surface area (Å²) in [5.41, 5.74) is 0. The molecule has 7 nitrogen and oxygen atoms in total. The molecular formula is C11H21N3O4. The summed E-state index contributed by atoms with van der Waals surface area (Å²) in [6.45, 7) is 2.92. The van der Waals surface area contributed by atoms with Gasteiger partial charge in [-0.3, -0.25) is 9.69 Å². The normalized spacial score (nSPS) is 16.7. The minimum atomic E-state index is -0.838. The molecule has 2 N–H and O–H groups in total. The Labute approximate surface area is 107 Å². The third kappa shape index (κ3) is 4.50. The highest BCUT2D eigenvalue weighted by molar-refractivity contribution is 5.74. The quantitative estimate of drug-likeness (QED) is 0.670. The maximum atomic E-state index is 12.0. The number of rotatable bonds is 5. The molecule has 0 saturated carbocycles. The summed E-state index contributed by atoms with van der Waals surface area (Å²) < 4.78 is 0. The average molecular weight is 259 g/mol. The predicted octanol–water partition coefficient (Wildman–Crippen LogP) is -0.877. The van der Waals surface area contributed by atoms with Crippen LogP contribution in [-0.2, 0) is 4.79 Å². The molecule has 1 aliphatic heterocycles. The number of hydrogen-bond acceptors (Lipinski definition) is 4. The molecule has 2 amide bonds. The van der Waals surface area contributed by atoms with Crippen LogP contribution in [0.2, 0.25) is 0 Å². The Morgan fingerprint density at radius 2 is 1.83 bits per heavy atom. The Morgan fingerprint density at radius 1 is 1.22 bits per heavy atom. The van der Waals surface area contributed by atoms with Crippen LogP contribution in [0.25, 0.3) is 0 Å². The molecule has 0 bridgehead atoms. The van der Waals surface area contributed by atoms with E-state index in [0.29, 0.717) is 39.1 Å². The van der Waals surface area contributed by atoms with E-state index in [0.717, 1.165) is 0 Å². The van der Waals surface area contributed by atoms with Crippen LogP contribution in [0.5, 0.6) is 0 Å². The molecule has 1 fully saturated rings. The van der Waals surface area contributed by atoms with Crippen molar-refractivity contribution >= 4 is 12.0 Å². The monoisotopic (exact) mass is 259 g/mol. The van der Waals surface area contributed by atoms with E-state index in [4.69, 9.17) is 10.2 Å². The first-order valence-corrected chi connectivity index (χ1v) is 6.09. The van der Waals surface area contributed by atoms with Crippen LogP contribution in [0.1, 0.15) is 6.42 Å². The van der Waals surface area contributed by atoms with Crippen molar-refractivity contribution in [2.75, 3.05) is 52.9 Å². The van der Waals surface area contributed by atoms with Crippen LogP contribution in [0.4, 0.5) is 4.79 Å². The molecule has 0 aromatic carbocycles. The fourth-order valence-electron chi connectivity index (χ4n) is 1.93. The second kappa shape index (κ2) is 7.17. The highest BCUT2D eigenvalue weighted by Crippen LogP contribution is 2.05. The SMILES string of the molecule is CN(CCCO)C(=O)N1CCN(CC(=O)O)CC1. The fraction of sp³-hybridized carbons (Fsp3) is 0.818. The molecule has 0 aromatic rings. The molecule has 18 heavy (non-hydrogen) atoms. The molecule has 0 aliphatic carbocycles. The number of carboxylic acid groups (broad SMARTS) is 1. The maximum Gasteiger partial charge on any atom is 0.319 e. The molecule has 1 rings (SSSR count). The topological polar surface area (TPSA) is 84.3 Å². The van der Waals surface area contributed by atoms with Crippen molar-refractivity contribution in [3.05, 3.63) is 0 Å². The van der Waals surface area contributed by atoms with Gasteiger partial charge in [-0.2, -0.15) is 0 Å². The zero-order valence-electron chi connectivity index (χ0n) is 10.7. The van der Waals surface area contributed by atoms with Gasteiger partial charge in [-0.1, -0.05) is 0 Å². The van der Waals surface area contributed by atoms with Crippen molar-refractivity contribution in [3.8, 4) is 0 Å². The minimum Gasteiger partial charge on any atom is -0.480 e. The number of hydrogen-bond donors (Lipinski definition) is 2. The van der Waals surface area contributed by atoms with E-state index in [-0.39, 0.29) is 19.2 Å². The van der Waals surface area contributed by atoms with Crippen molar-refractivity contribution in [2.45, 2.75) is 6.42 Å². The second-order valence-electron chi connectivity index (χ2n) is 4.44. The Bertz CT molecular complexity index is 290. The molecule has 0 spiro atoms. The summed E-state index contributed by atoms with van der Waals surface area (Å²) in [6, 6.07) is -0.0570. The van der Waals surface area contributed by atoms with Gasteiger partial charge in [-0.05, 0) is 6.42 Å². The van der Waals surface area contributed by atoms with E-state index in [9.17, 15) is 9.59 Å². The van der Waals surface area contributed by atoms with Gasteiger partial charge in [0, 0.05) is 46.4 Å². The zero-order chi connectivity index (χ0) is 13.5. The highest BCUT2D eigenvalue weighted by Gasteiger charge is 2.23. The zero-order valence-corrected chi connectivity index (χ0v) is 10.7. The number of carbonyl (C=O) groups is 2. The highest BCUT2D eigenvalue weighted by atomic mass is 16.4. The molecule has 0 unspecified atom stereocenters. The summed E-state index contributed by atoms with van der Waals surface area (Å²) in [4.78, 5) is 27.6. The van der Waals surface area contributed by atoms with Crippen LogP contribution >= 0.6 is 0 Å². The van der Waals surface area contributed by atoms with E-state index >= 15 is 0 Å². The van der Waals surface area contributed by atoms with Gasteiger partial charge in [0.05, 0.1) is 6.54 Å². The largest absolute Gasteiger partial charge is 0.480 e. The lowest BCUT2D eigenvalue weighted by atomic mass is 10.3. The van der Waals surface area contributed by atoms with E-state index < -0.39 is 5.97 Å². The minimum absolute atomic E-state index is 0.0301. The summed E-state index contributed by atoms with van der Waals surface area (Å²) in [7, 11) is 1.71. The van der Waals surface area contributed by atoms with Crippen LogP contribution in [0.15, 0.2) is 0 Å². The summed E-state index contributed by atoms with van der Waals surface area (Å²) in [6.07, 6.45) is 0.571. The van der Waals surface area contributed by atoms with Gasteiger partial charge >= 0.3 is 12.0 Å². The number of carboxylic acids is 1. The number of nitrogens with zero attached hydrogens (tertiary/aromatic N) is 3. The summed E-state index contributed by atoms with van der Waals surface area (Å²) >= 11 is 0. The fourth-order valence-corrected chi connectivity index (χ4v) is 1.93. The maximum absolute atomic E-state index is 12.0. The summed E-state index contributed by atoms with van der Waals surface area (Å²) in [5, 5.41) is 17.4. The standard InChI is InChI=1S/C11H21N3O4/c1-12(3-2-8-15)11(18)14-6-4-13(5-7-14)9-10(16)17/h15H,2-9H2,1H3,(H,16,17). The smallest absolute Gasteiger partial charge is 0.319 e. The molecule has 0 atom stereocenters. The van der Waals surface area contributed by atoms with Gasteiger partial charge in [0.15, 0.2) is 0 Å². The lowest BCUT2D eigenvalue weighted by Gasteiger charge is -2.35. The van der Waals surface area contributed by atoms with Crippen molar-refractivity contribution in [1.29, 1.82) is 0 Å². The molecule has 1 aliphatic rings. The molecule has 104 valence electrons. The van der Waals surface area contributed by atoms with Crippen LogP contribution in [0, 0.1) is 0 Å². The lowest BCUT2D eigenvalue weighted by molar-refractivity contribution is -0.138. The van der Waals surface area contributed by atoms with Gasteiger partial charge < -0.3 is 20.0 Å². The number of aliphatic carboxylic acids is 1. The first kappa shape index (κ1) is 14.7. The number of amides is 2. The number of carbonyl (C=O) groups excluding carboxylic acids is 1. The van der Waals surface area contributed by atoms with Crippen molar-refractivity contribution in [1.82, 2.24) is 14.7 Å². The van der Waals surface area contributed by atoms with Crippen molar-refractivity contribution < 1.29 is 19.8 Å². The van der Waals surface area contributed by atoms with Gasteiger partial charge in [-0.25, -0.2) is 4.79 Å². The van der Waals surface area contributed by atoms with E-state index in [1.165, 1.54) is 0 Å². The first-order chi connectivity index (χ1) is 8.54. The first-order valence-electron chi connectivity index (χ1n) is 6.09. The van der Waals surface area contributed by atoms with E-state index in [1.54, 1.807) is 16.8 Å². The Hall–Kier alpha value is -1.34. The number of urea groups is 1. The van der Waals surface area contributed by atoms with Gasteiger partial charge in [-0.15, -0.1) is 0 Å². The average Bonchev–Trinajstić information content (AvgIpc) is 2.35. The van der Waals surface area contributed by atoms with Crippen LogP contribution < -0.4 is 0 Å². The molecule has 0 aromatic heterocycles. The Kier molecular flexibility index (Phi) is 5.87. The predicted molar refractivity (Wildman–Crippen MR) is 65.4 cm³/mol. The third-order valence-corrected chi connectivity index (χ3v) is 2.98. The van der Waals surface area contributed by atoms with Crippen LogP contribution in [-0.4, -0.2) is 89.8 Å². The van der Waals surface area contributed by atoms with Gasteiger partial charge in [0.1, 0.15) is 0 Å².